The number of esters is 1. The van der Waals surface area contributed by atoms with Crippen LogP contribution in [0.25, 0.3) is 0 Å². The van der Waals surface area contributed by atoms with E-state index in [2.05, 4.69) is 0 Å². The molecule has 1 spiro atoms. The van der Waals surface area contributed by atoms with Crippen LogP contribution in [0.3, 0.4) is 0 Å². The molecule has 3 fully saturated rings. The highest BCUT2D eigenvalue weighted by molar-refractivity contribution is 5.91. The number of nitrogens with zero attached hydrogens (tertiary/aromatic N) is 1. The highest BCUT2D eigenvalue weighted by Gasteiger charge is 2.67. The van der Waals surface area contributed by atoms with Crippen molar-refractivity contribution < 1.29 is 23.8 Å². The van der Waals surface area contributed by atoms with Gasteiger partial charge >= 0.3 is 5.97 Å². The Balaban J connectivity index is 1.54. The largest absolute Gasteiger partial charge is 0.463 e. The van der Waals surface area contributed by atoms with Crippen LogP contribution in [0.15, 0.2) is 12.2 Å². The van der Waals surface area contributed by atoms with Gasteiger partial charge < -0.3 is 19.1 Å². The van der Waals surface area contributed by atoms with Gasteiger partial charge in [-0.3, -0.25) is 9.59 Å². The maximum atomic E-state index is 12.9. The minimum atomic E-state index is -0.652. The van der Waals surface area contributed by atoms with Gasteiger partial charge in [0.15, 0.2) is 0 Å². The van der Waals surface area contributed by atoms with Crippen molar-refractivity contribution in [3.05, 3.63) is 12.2 Å². The van der Waals surface area contributed by atoms with Crippen LogP contribution in [0, 0.1) is 11.8 Å². The molecule has 0 aliphatic carbocycles. The fraction of sp³-hybridized carbons (Fsp3) is 0.765. The van der Waals surface area contributed by atoms with Crippen molar-refractivity contribution in [1.82, 2.24) is 4.90 Å². The molecule has 2 bridgehead atoms. The fourth-order valence-electron chi connectivity index (χ4n) is 4.35. The van der Waals surface area contributed by atoms with Crippen molar-refractivity contribution in [1.29, 1.82) is 0 Å². The molecule has 6 heteroatoms. The number of carbonyl (C=O) groups is 2. The van der Waals surface area contributed by atoms with Crippen molar-refractivity contribution in [2.24, 2.45) is 11.8 Å². The van der Waals surface area contributed by atoms with Crippen molar-refractivity contribution in [3.8, 4) is 0 Å². The summed E-state index contributed by atoms with van der Waals surface area (Å²) >= 11 is 0. The SMILES string of the molecule is CC(C)OC(=O)[C@@H]1[C@@H]2C=C[C@]3(CN(C[C@@H]4CCCO4)C(=O)[C@H]13)O2. The first-order chi connectivity index (χ1) is 11.0. The third kappa shape index (κ3) is 2.31. The average molecular weight is 321 g/mol. The van der Waals surface area contributed by atoms with Gasteiger partial charge in [0.1, 0.15) is 11.5 Å². The van der Waals surface area contributed by atoms with Gasteiger partial charge in [-0.25, -0.2) is 0 Å². The molecule has 0 aromatic carbocycles. The van der Waals surface area contributed by atoms with E-state index in [0.29, 0.717) is 13.1 Å². The molecule has 1 amide bonds. The van der Waals surface area contributed by atoms with Gasteiger partial charge in [-0.1, -0.05) is 12.2 Å². The Morgan fingerprint density at radius 2 is 2.35 bits per heavy atom. The van der Waals surface area contributed by atoms with Crippen molar-refractivity contribution in [3.63, 3.8) is 0 Å². The minimum Gasteiger partial charge on any atom is -0.463 e. The lowest BCUT2D eigenvalue weighted by molar-refractivity contribution is -0.157. The second-order valence-electron chi connectivity index (χ2n) is 7.24. The van der Waals surface area contributed by atoms with Gasteiger partial charge in [0.05, 0.1) is 30.8 Å². The maximum Gasteiger partial charge on any atom is 0.313 e. The topological polar surface area (TPSA) is 65.1 Å². The normalized spacial score (nSPS) is 41.2. The summed E-state index contributed by atoms with van der Waals surface area (Å²) in [7, 11) is 0. The van der Waals surface area contributed by atoms with E-state index in [-0.39, 0.29) is 30.2 Å². The van der Waals surface area contributed by atoms with E-state index in [1.54, 1.807) is 0 Å². The zero-order valence-electron chi connectivity index (χ0n) is 13.6. The number of carbonyl (C=O) groups excluding carboxylic acids is 2. The number of likely N-dealkylation sites (tertiary alicyclic amines) is 1. The third-order valence-corrected chi connectivity index (χ3v) is 5.25. The third-order valence-electron chi connectivity index (χ3n) is 5.25. The molecule has 0 aromatic heterocycles. The maximum absolute atomic E-state index is 12.9. The molecule has 0 N–H and O–H groups in total. The zero-order chi connectivity index (χ0) is 16.2. The lowest BCUT2D eigenvalue weighted by Crippen LogP contribution is -2.41. The molecule has 23 heavy (non-hydrogen) atoms. The van der Waals surface area contributed by atoms with Crippen LogP contribution < -0.4 is 0 Å². The first kappa shape index (κ1) is 15.1. The Morgan fingerprint density at radius 3 is 3.04 bits per heavy atom. The lowest BCUT2D eigenvalue weighted by Gasteiger charge is -2.24. The second kappa shape index (κ2) is 5.31. The van der Waals surface area contributed by atoms with E-state index in [0.717, 1.165) is 19.4 Å². The van der Waals surface area contributed by atoms with E-state index in [1.165, 1.54) is 0 Å². The van der Waals surface area contributed by atoms with Gasteiger partial charge in [-0.05, 0) is 26.7 Å². The summed E-state index contributed by atoms with van der Waals surface area (Å²) in [5.74, 6) is -1.30. The Morgan fingerprint density at radius 1 is 1.52 bits per heavy atom. The van der Waals surface area contributed by atoms with Crippen molar-refractivity contribution in [2.45, 2.75) is 50.6 Å². The predicted molar refractivity (Wildman–Crippen MR) is 80.5 cm³/mol. The lowest BCUT2D eigenvalue weighted by atomic mass is 9.77. The molecule has 4 rings (SSSR count). The van der Waals surface area contributed by atoms with E-state index < -0.39 is 17.4 Å². The Bertz CT molecular complexity index is 553. The molecule has 0 radical (unpaired) electrons. The van der Waals surface area contributed by atoms with Gasteiger partial charge in [0.2, 0.25) is 5.91 Å². The second-order valence-corrected chi connectivity index (χ2v) is 7.24. The monoisotopic (exact) mass is 321 g/mol. The molecule has 126 valence electrons. The van der Waals surface area contributed by atoms with Gasteiger partial charge in [-0.15, -0.1) is 0 Å². The number of ether oxygens (including phenoxy) is 3. The summed E-state index contributed by atoms with van der Waals surface area (Å²) in [6.07, 6.45) is 5.49. The van der Waals surface area contributed by atoms with Crippen LogP contribution in [-0.4, -0.2) is 60.4 Å². The van der Waals surface area contributed by atoms with E-state index in [4.69, 9.17) is 14.2 Å². The Kier molecular flexibility index (Phi) is 3.50. The number of amides is 1. The molecule has 0 unspecified atom stereocenters. The summed E-state index contributed by atoms with van der Waals surface area (Å²) in [4.78, 5) is 27.2. The summed E-state index contributed by atoms with van der Waals surface area (Å²) in [6.45, 7) is 5.50. The molecule has 6 nitrogen and oxygen atoms in total. The van der Waals surface area contributed by atoms with Crippen LogP contribution in [0.1, 0.15) is 26.7 Å². The number of fused-ring (bicyclic) bond motifs is 1. The molecule has 3 saturated heterocycles. The fourth-order valence-corrected chi connectivity index (χ4v) is 4.35. The summed E-state index contributed by atoms with van der Waals surface area (Å²) < 4.78 is 17.1. The van der Waals surface area contributed by atoms with Crippen LogP contribution in [0.4, 0.5) is 0 Å². The molecular formula is C17H23NO5. The number of hydrogen-bond donors (Lipinski definition) is 0. The summed E-state index contributed by atoms with van der Waals surface area (Å²) in [5.41, 5.74) is -0.652. The molecular weight excluding hydrogens is 298 g/mol. The smallest absolute Gasteiger partial charge is 0.313 e. The number of hydrogen-bond acceptors (Lipinski definition) is 5. The minimum absolute atomic E-state index is 0.00180. The van der Waals surface area contributed by atoms with Gasteiger partial charge in [0.25, 0.3) is 0 Å². The van der Waals surface area contributed by atoms with E-state index in [9.17, 15) is 9.59 Å². The van der Waals surface area contributed by atoms with Gasteiger partial charge in [0, 0.05) is 13.2 Å². The summed E-state index contributed by atoms with van der Waals surface area (Å²) in [5, 5.41) is 0. The van der Waals surface area contributed by atoms with Crippen molar-refractivity contribution in [2.75, 3.05) is 19.7 Å². The molecule has 4 aliphatic rings. The Hall–Kier alpha value is -1.40. The van der Waals surface area contributed by atoms with Crippen LogP contribution in [-0.2, 0) is 23.8 Å². The Labute approximate surface area is 135 Å². The summed E-state index contributed by atoms with van der Waals surface area (Å²) in [6, 6.07) is 0. The van der Waals surface area contributed by atoms with E-state index >= 15 is 0 Å². The molecule has 5 atom stereocenters. The molecule has 0 aromatic rings. The first-order valence-corrected chi connectivity index (χ1v) is 8.48. The van der Waals surface area contributed by atoms with Crippen molar-refractivity contribution >= 4 is 11.9 Å². The molecule has 0 saturated carbocycles. The standard InChI is InChI=1S/C17H23NO5/c1-10(2)22-16(20)13-12-5-6-17(23-12)9-18(15(19)14(13)17)8-11-4-3-7-21-11/h5-6,10-14H,3-4,7-9H2,1-2H3/t11-,12-,13+,14-,17+/m0/s1. The van der Waals surface area contributed by atoms with Gasteiger partial charge in [-0.2, -0.15) is 0 Å². The average Bonchev–Trinajstić information content (AvgIpc) is 3.21. The van der Waals surface area contributed by atoms with E-state index in [1.807, 2.05) is 30.9 Å². The van der Waals surface area contributed by atoms with Crippen LogP contribution in [0.5, 0.6) is 0 Å². The van der Waals surface area contributed by atoms with Crippen LogP contribution >= 0.6 is 0 Å². The highest BCUT2D eigenvalue weighted by atomic mass is 16.6. The first-order valence-electron chi connectivity index (χ1n) is 8.48. The molecule has 4 heterocycles. The highest BCUT2D eigenvalue weighted by Crippen LogP contribution is 2.52. The number of rotatable bonds is 4. The zero-order valence-corrected chi connectivity index (χ0v) is 13.6. The molecule has 4 aliphatic heterocycles. The van der Waals surface area contributed by atoms with Crippen LogP contribution in [0.2, 0.25) is 0 Å². The quantitative estimate of drug-likeness (QED) is 0.568. The predicted octanol–water partition coefficient (Wildman–Crippen LogP) is 0.899.